The van der Waals surface area contributed by atoms with Crippen molar-refractivity contribution in [3.05, 3.63) is 33.7 Å². The number of carbonyl (C=O) groups excluding carboxylic acids is 2. The van der Waals surface area contributed by atoms with Gasteiger partial charge in [-0.1, -0.05) is 0 Å². The third-order valence-electron chi connectivity index (χ3n) is 2.75. The molecule has 2 aromatic rings. The summed E-state index contributed by atoms with van der Waals surface area (Å²) in [7, 11) is 2.65. The largest absolute Gasteiger partial charge is 0.463 e. The Morgan fingerprint density at radius 1 is 1.45 bits per heavy atom. The minimum absolute atomic E-state index is 0.0684. The van der Waals surface area contributed by atoms with E-state index in [4.69, 9.17) is 0 Å². The number of ether oxygens (including phenoxy) is 1. The molecule has 0 fully saturated rings. The van der Waals surface area contributed by atoms with E-state index >= 15 is 0 Å². The summed E-state index contributed by atoms with van der Waals surface area (Å²) in [4.78, 5) is 43.5. The molecule has 2 aromatic heterocycles. The Hall–Kier alpha value is -3.24. The van der Waals surface area contributed by atoms with Crippen LogP contribution < -0.4 is 5.32 Å². The van der Waals surface area contributed by atoms with Crippen molar-refractivity contribution in [3.8, 4) is 0 Å². The third-order valence-corrected chi connectivity index (χ3v) is 2.75. The van der Waals surface area contributed by atoms with Crippen LogP contribution in [0.4, 0.5) is 11.6 Å². The molecule has 116 valence electrons. The first-order valence-corrected chi connectivity index (χ1v) is 5.97. The van der Waals surface area contributed by atoms with Crippen molar-refractivity contribution in [1.29, 1.82) is 0 Å². The fourth-order valence-corrected chi connectivity index (χ4v) is 1.69. The van der Waals surface area contributed by atoms with Gasteiger partial charge < -0.3 is 29.7 Å². The first kappa shape index (κ1) is 15.2. The summed E-state index contributed by atoms with van der Waals surface area (Å²) in [5.74, 6) is -1.94. The minimum Gasteiger partial charge on any atom is -0.463 e. The summed E-state index contributed by atoms with van der Waals surface area (Å²) in [5.41, 5.74) is 0.428. The van der Waals surface area contributed by atoms with Crippen molar-refractivity contribution in [1.82, 2.24) is 19.5 Å². The maximum absolute atomic E-state index is 12.1. The van der Waals surface area contributed by atoms with Crippen molar-refractivity contribution < 1.29 is 19.2 Å². The van der Waals surface area contributed by atoms with E-state index in [1.54, 1.807) is 6.92 Å². The summed E-state index contributed by atoms with van der Waals surface area (Å²) >= 11 is 0. The van der Waals surface area contributed by atoms with Gasteiger partial charge in [-0.2, -0.15) is 0 Å². The number of amides is 1. The van der Waals surface area contributed by atoms with E-state index in [9.17, 15) is 19.7 Å². The van der Waals surface area contributed by atoms with Crippen molar-refractivity contribution >= 4 is 23.5 Å². The monoisotopic (exact) mass is 308 g/mol. The normalized spacial score (nSPS) is 10.3. The Labute approximate surface area is 123 Å². The predicted molar refractivity (Wildman–Crippen MR) is 72.5 cm³/mol. The number of aromatic amines is 1. The van der Waals surface area contributed by atoms with E-state index < -0.39 is 22.6 Å². The zero-order valence-electron chi connectivity index (χ0n) is 11.9. The van der Waals surface area contributed by atoms with Gasteiger partial charge in [-0.05, 0) is 16.8 Å². The molecule has 0 aliphatic rings. The average Bonchev–Trinajstić information content (AvgIpc) is 3.02. The molecule has 11 heteroatoms. The molecule has 2 rings (SSSR count). The zero-order valence-corrected chi connectivity index (χ0v) is 11.9. The summed E-state index contributed by atoms with van der Waals surface area (Å²) in [6.45, 7) is 1.59. The molecule has 0 unspecified atom stereocenters. The molecule has 0 spiro atoms. The highest BCUT2D eigenvalue weighted by molar-refractivity contribution is 6.02. The molecule has 11 nitrogen and oxygen atoms in total. The predicted octanol–water partition coefficient (Wildman–Crippen LogP) is 0.399. The second-order valence-corrected chi connectivity index (χ2v) is 4.30. The number of H-pyrrole nitrogens is 1. The van der Waals surface area contributed by atoms with Crippen LogP contribution in [0.5, 0.6) is 0 Å². The van der Waals surface area contributed by atoms with E-state index in [1.165, 1.54) is 18.7 Å². The van der Waals surface area contributed by atoms with Crippen molar-refractivity contribution in [2.24, 2.45) is 7.05 Å². The molecule has 2 N–H and O–H groups in total. The van der Waals surface area contributed by atoms with Crippen molar-refractivity contribution in [2.45, 2.75) is 6.92 Å². The number of imidazole rings is 2. The number of nitro groups is 1. The van der Waals surface area contributed by atoms with Gasteiger partial charge in [0.2, 0.25) is 5.82 Å². The van der Waals surface area contributed by atoms with Crippen LogP contribution in [0.25, 0.3) is 0 Å². The SMILES string of the molecule is COC(=O)c1nc(NC(=O)c2nc([N+](=O)[O-])cn2C)c(C)[nH]1. The number of hydrogen-bond donors (Lipinski definition) is 2. The average molecular weight is 308 g/mol. The Morgan fingerprint density at radius 3 is 2.68 bits per heavy atom. The number of nitrogens with one attached hydrogen (secondary N) is 2. The molecule has 0 radical (unpaired) electrons. The Morgan fingerprint density at radius 2 is 2.14 bits per heavy atom. The molecule has 0 aliphatic heterocycles. The highest BCUT2D eigenvalue weighted by atomic mass is 16.6. The summed E-state index contributed by atoms with van der Waals surface area (Å²) in [6.07, 6.45) is 1.12. The second kappa shape index (κ2) is 5.63. The van der Waals surface area contributed by atoms with E-state index in [1.807, 2.05) is 0 Å². The van der Waals surface area contributed by atoms with Crippen LogP contribution in [-0.2, 0) is 11.8 Å². The number of rotatable bonds is 4. The van der Waals surface area contributed by atoms with Gasteiger partial charge in [-0.3, -0.25) is 4.79 Å². The minimum atomic E-state index is -0.702. The molecule has 2 heterocycles. The van der Waals surface area contributed by atoms with E-state index in [2.05, 4.69) is 25.0 Å². The summed E-state index contributed by atoms with van der Waals surface area (Å²) in [5, 5.41) is 13.1. The number of esters is 1. The zero-order chi connectivity index (χ0) is 16.4. The molecule has 0 atom stereocenters. The number of methoxy groups -OCH3 is 1. The van der Waals surface area contributed by atoms with E-state index in [-0.39, 0.29) is 17.5 Å². The molecule has 0 aromatic carbocycles. The lowest BCUT2D eigenvalue weighted by Gasteiger charge is -1.99. The van der Waals surface area contributed by atoms with Gasteiger partial charge in [0.25, 0.3) is 0 Å². The lowest BCUT2D eigenvalue weighted by Crippen LogP contribution is -2.17. The maximum atomic E-state index is 12.1. The molecule has 22 heavy (non-hydrogen) atoms. The summed E-state index contributed by atoms with van der Waals surface area (Å²) in [6, 6.07) is 0. The van der Waals surface area contributed by atoms with E-state index in [0.29, 0.717) is 5.69 Å². The topological polar surface area (TPSA) is 145 Å². The number of aromatic nitrogens is 4. The molecule has 0 saturated carbocycles. The van der Waals surface area contributed by atoms with Crippen LogP contribution in [0.1, 0.15) is 26.9 Å². The number of carbonyl (C=O) groups is 2. The van der Waals surface area contributed by atoms with Crippen molar-refractivity contribution in [2.75, 3.05) is 12.4 Å². The van der Waals surface area contributed by atoms with Crippen LogP contribution in [0.2, 0.25) is 0 Å². The second-order valence-electron chi connectivity index (χ2n) is 4.30. The van der Waals surface area contributed by atoms with Crippen molar-refractivity contribution in [3.63, 3.8) is 0 Å². The molecule has 1 amide bonds. The van der Waals surface area contributed by atoms with Gasteiger partial charge in [0, 0.05) is 7.05 Å². The quantitative estimate of drug-likeness (QED) is 0.472. The fraction of sp³-hybridized carbons (Fsp3) is 0.273. The third kappa shape index (κ3) is 2.77. The number of anilines is 1. The standard InChI is InChI=1S/C11H12N6O5/c1-5-7(14-8(12-5)11(19)22-3)15-10(18)9-13-6(17(20)21)4-16(9)2/h4H,1-3H3,(H,12,14)(H,15,18). The van der Waals surface area contributed by atoms with Gasteiger partial charge in [-0.25, -0.2) is 9.78 Å². The highest BCUT2D eigenvalue weighted by Crippen LogP contribution is 2.15. The number of hydrogen-bond acceptors (Lipinski definition) is 7. The van der Waals surface area contributed by atoms with Gasteiger partial charge in [0.1, 0.15) is 6.20 Å². The number of nitrogens with zero attached hydrogens (tertiary/aromatic N) is 4. The molecule has 0 saturated heterocycles. The van der Waals surface area contributed by atoms with Gasteiger partial charge >= 0.3 is 23.5 Å². The van der Waals surface area contributed by atoms with Crippen LogP contribution in [-0.4, -0.2) is 43.4 Å². The molecule has 0 aliphatic carbocycles. The summed E-state index contributed by atoms with van der Waals surface area (Å²) < 4.78 is 5.73. The first-order valence-electron chi connectivity index (χ1n) is 5.97. The van der Waals surface area contributed by atoms with E-state index in [0.717, 1.165) is 6.20 Å². The smallest absolute Gasteiger partial charge is 0.382 e. The van der Waals surface area contributed by atoms with Gasteiger partial charge in [0.15, 0.2) is 5.82 Å². The number of aryl methyl sites for hydroxylation is 2. The molecular weight excluding hydrogens is 296 g/mol. The maximum Gasteiger partial charge on any atom is 0.382 e. The van der Waals surface area contributed by atoms with Gasteiger partial charge in [0.05, 0.1) is 12.8 Å². The highest BCUT2D eigenvalue weighted by Gasteiger charge is 2.25. The van der Waals surface area contributed by atoms with Crippen LogP contribution in [0, 0.1) is 17.0 Å². The molecule has 0 bridgehead atoms. The van der Waals surface area contributed by atoms with Gasteiger partial charge in [-0.15, -0.1) is 0 Å². The Kier molecular flexibility index (Phi) is 3.88. The van der Waals surface area contributed by atoms with Crippen LogP contribution >= 0.6 is 0 Å². The Bertz CT molecular complexity index is 761. The van der Waals surface area contributed by atoms with Crippen LogP contribution in [0.3, 0.4) is 0 Å². The Balaban J connectivity index is 2.24. The first-order chi connectivity index (χ1) is 10.3. The lowest BCUT2D eigenvalue weighted by molar-refractivity contribution is -0.389. The molecular formula is C11H12N6O5. The van der Waals surface area contributed by atoms with Crippen LogP contribution in [0.15, 0.2) is 6.20 Å². The lowest BCUT2D eigenvalue weighted by atomic mass is 10.4. The fourth-order valence-electron chi connectivity index (χ4n) is 1.69.